The highest BCUT2D eigenvalue weighted by molar-refractivity contribution is 7.94. The molecule has 0 unspecified atom stereocenters. The molecule has 0 aliphatic heterocycles. The Kier molecular flexibility index (Phi) is 4.59. The summed E-state index contributed by atoms with van der Waals surface area (Å²) in [5.41, 5.74) is 0. The molecule has 0 N–H and O–H groups in total. The maximum atomic E-state index is 12.0. The standard InChI is InChI=1S/C15H14O4S2/c16-20(17,14-8-3-1-4-9-14)12-7-13-21(18,19)15-10-5-2-6-11-15/h1-12H,13H2/b12-7+. The topological polar surface area (TPSA) is 68.3 Å². The molecule has 0 heterocycles. The second-order valence-corrected chi connectivity index (χ2v) is 8.19. The molecule has 4 nitrogen and oxygen atoms in total. The van der Waals surface area contributed by atoms with Gasteiger partial charge in [0.1, 0.15) is 0 Å². The van der Waals surface area contributed by atoms with Crippen LogP contribution in [0.15, 0.2) is 81.9 Å². The molecule has 2 rings (SSSR count). The Morgan fingerprint density at radius 2 is 1.19 bits per heavy atom. The fourth-order valence-electron chi connectivity index (χ4n) is 1.71. The summed E-state index contributed by atoms with van der Waals surface area (Å²) < 4.78 is 48.0. The summed E-state index contributed by atoms with van der Waals surface area (Å²) in [7, 11) is -7.13. The van der Waals surface area contributed by atoms with Crippen molar-refractivity contribution < 1.29 is 16.8 Å². The molecular formula is C15H14O4S2. The van der Waals surface area contributed by atoms with Gasteiger partial charge in [-0.2, -0.15) is 0 Å². The minimum absolute atomic E-state index is 0.137. The van der Waals surface area contributed by atoms with Gasteiger partial charge in [0.25, 0.3) is 0 Å². The van der Waals surface area contributed by atoms with E-state index in [4.69, 9.17) is 0 Å². The van der Waals surface area contributed by atoms with E-state index in [1.807, 2.05) is 0 Å². The van der Waals surface area contributed by atoms with Crippen molar-refractivity contribution in [1.29, 1.82) is 0 Å². The quantitative estimate of drug-likeness (QED) is 0.848. The van der Waals surface area contributed by atoms with Gasteiger partial charge in [0.15, 0.2) is 19.7 Å². The summed E-state index contributed by atoms with van der Waals surface area (Å²) in [6.45, 7) is 0. The van der Waals surface area contributed by atoms with Crippen molar-refractivity contribution in [2.24, 2.45) is 0 Å². The zero-order valence-electron chi connectivity index (χ0n) is 11.1. The van der Waals surface area contributed by atoms with Crippen LogP contribution in [0.2, 0.25) is 0 Å². The first-order valence-electron chi connectivity index (χ1n) is 6.16. The van der Waals surface area contributed by atoms with E-state index in [0.29, 0.717) is 0 Å². The Labute approximate surface area is 124 Å². The third-order valence-corrected chi connectivity index (χ3v) is 5.87. The monoisotopic (exact) mass is 322 g/mol. The van der Waals surface area contributed by atoms with E-state index in [1.165, 1.54) is 24.3 Å². The van der Waals surface area contributed by atoms with Crippen molar-refractivity contribution in [3.05, 3.63) is 72.1 Å². The molecule has 21 heavy (non-hydrogen) atoms. The Balaban J connectivity index is 2.17. The number of benzene rings is 2. The fraction of sp³-hybridized carbons (Fsp3) is 0.0667. The minimum atomic E-state index is -3.61. The highest BCUT2D eigenvalue weighted by atomic mass is 32.2. The predicted molar refractivity (Wildman–Crippen MR) is 81.3 cm³/mol. The van der Waals surface area contributed by atoms with Gasteiger partial charge in [0.05, 0.1) is 15.5 Å². The van der Waals surface area contributed by atoms with Crippen LogP contribution in [0.5, 0.6) is 0 Å². The smallest absolute Gasteiger partial charge is 0.199 e. The SMILES string of the molecule is O=S(=O)(/C=C/CS(=O)(=O)c1ccccc1)c1ccccc1. The third kappa shape index (κ3) is 4.03. The number of hydrogen-bond donors (Lipinski definition) is 0. The summed E-state index contributed by atoms with van der Waals surface area (Å²) >= 11 is 0. The highest BCUT2D eigenvalue weighted by Crippen LogP contribution is 2.13. The van der Waals surface area contributed by atoms with Gasteiger partial charge >= 0.3 is 0 Å². The van der Waals surface area contributed by atoms with Gasteiger partial charge in [0, 0.05) is 5.41 Å². The zero-order chi connectivity index (χ0) is 15.3. The maximum absolute atomic E-state index is 12.0. The lowest BCUT2D eigenvalue weighted by atomic mass is 10.4. The van der Waals surface area contributed by atoms with Crippen LogP contribution in [0.4, 0.5) is 0 Å². The lowest BCUT2D eigenvalue weighted by Gasteiger charge is -2.01. The number of rotatable bonds is 5. The first-order valence-corrected chi connectivity index (χ1v) is 9.36. The van der Waals surface area contributed by atoms with Crippen molar-refractivity contribution in [3.63, 3.8) is 0 Å². The molecule has 0 saturated heterocycles. The van der Waals surface area contributed by atoms with Gasteiger partial charge in [-0.25, -0.2) is 16.8 Å². The molecule has 0 aromatic heterocycles. The van der Waals surface area contributed by atoms with E-state index >= 15 is 0 Å². The summed E-state index contributed by atoms with van der Waals surface area (Å²) in [5.74, 6) is -0.358. The lowest BCUT2D eigenvalue weighted by Crippen LogP contribution is -2.05. The lowest BCUT2D eigenvalue weighted by molar-refractivity contribution is 0.599. The van der Waals surface area contributed by atoms with E-state index < -0.39 is 19.7 Å². The average molecular weight is 322 g/mol. The van der Waals surface area contributed by atoms with Crippen LogP contribution >= 0.6 is 0 Å². The molecule has 0 aliphatic carbocycles. The van der Waals surface area contributed by atoms with Crippen LogP contribution in [0, 0.1) is 0 Å². The molecular weight excluding hydrogens is 308 g/mol. The third-order valence-electron chi connectivity index (χ3n) is 2.77. The summed E-state index contributed by atoms with van der Waals surface area (Å²) in [5, 5.41) is 0.933. The molecule has 0 atom stereocenters. The van der Waals surface area contributed by atoms with Crippen LogP contribution in [0.25, 0.3) is 0 Å². The molecule has 2 aromatic rings. The zero-order valence-corrected chi connectivity index (χ0v) is 12.7. The second-order valence-electron chi connectivity index (χ2n) is 4.32. The van der Waals surface area contributed by atoms with Crippen LogP contribution < -0.4 is 0 Å². The Hall–Kier alpha value is -1.92. The molecule has 0 saturated carbocycles. The van der Waals surface area contributed by atoms with E-state index in [9.17, 15) is 16.8 Å². The fourth-order valence-corrected chi connectivity index (χ4v) is 3.98. The second kappa shape index (κ2) is 6.24. The normalized spacial score (nSPS) is 12.6. The van der Waals surface area contributed by atoms with Crippen LogP contribution in [-0.4, -0.2) is 22.6 Å². The van der Waals surface area contributed by atoms with Crippen molar-refractivity contribution in [2.45, 2.75) is 9.79 Å². The molecule has 110 valence electrons. The highest BCUT2D eigenvalue weighted by Gasteiger charge is 2.13. The molecule has 0 bridgehead atoms. The number of sulfone groups is 2. The Bertz CT molecular complexity index is 822. The maximum Gasteiger partial charge on any atom is 0.199 e. The summed E-state index contributed by atoms with van der Waals surface area (Å²) in [6.07, 6.45) is 1.16. The van der Waals surface area contributed by atoms with Gasteiger partial charge in [0.2, 0.25) is 0 Å². The summed E-state index contributed by atoms with van der Waals surface area (Å²) in [6, 6.07) is 15.8. The largest absolute Gasteiger partial charge is 0.223 e. The van der Waals surface area contributed by atoms with Crippen molar-refractivity contribution in [1.82, 2.24) is 0 Å². The van der Waals surface area contributed by atoms with E-state index in [2.05, 4.69) is 0 Å². The molecule has 6 heteroatoms. The first kappa shape index (κ1) is 15.5. The van der Waals surface area contributed by atoms with Crippen LogP contribution in [-0.2, 0) is 19.7 Å². The van der Waals surface area contributed by atoms with E-state index in [0.717, 1.165) is 11.5 Å². The minimum Gasteiger partial charge on any atom is -0.223 e. The summed E-state index contributed by atoms with van der Waals surface area (Å²) in [4.78, 5) is 0.310. The van der Waals surface area contributed by atoms with E-state index in [-0.39, 0.29) is 15.5 Å². The predicted octanol–water partition coefficient (Wildman–Crippen LogP) is 2.45. The molecule has 2 aromatic carbocycles. The van der Waals surface area contributed by atoms with Crippen molar-refractivity contribution in [2.75, 3.05) is 5.75 Å². The van der Waals surface area contributed by atoms with Crippen LogP contribution in [0.1, 0.15) is 0 Å². The van der Waals surface area contributed by atoms with Gasteiger partial charge in [-0.3, -0.25) is 0 Å². The Morgan fingerprint density at radius 1 is 0.714 bits per heavy atom. The average Bonchev–Trinajstić information content (AvgIpc) is 2.49. The van der Waals surface area contributed by atoms with Gasteiger partial charge in [-0.05, 0) is 24.3 Å². The van der Waals surface area contributed by atoms with E-state index in [1.54, 1.807) is 36.4 Å². The van der Waals surface area contributed by atoms with Crippen molar-refractivity contribution in [3.8, 4) is 0 Å². The number of hydrogen-bond acceptors (Lipinski definition) is 4. The molecule has 0 aliphatic rings. The first-order chi connectivity index (χ1) is 9.92. The molecule has 0 radical (unpaired) electrons. The van der Waals surface area contributed by atoms with Gasteiger partial charge in [-0.15, -0.1) is 0 Å². The van der Waals surface area contributed by atoms with Gasteiger partial charge in [-0.1, -0.05) is 42.5 Å². The van der Waals surface area contributed by atoms with Crippen molar-refractivity contribution >= 4 is 19.7 Å². The van der Waals surface area contributed by atoms with Gasteiger partial charge < -0.3 is 0 Å². The Morgan fingerprint density at radius 3 is 1.71 bits per heavy atom. The molecule has 0 amide bonds. The van der Waals surface area contributed by atoms with Crippen LogP contribution in [0.3, 0.4) is 0 Å². The molecule has 0 fully saturated rings. The molecule has 0 spiro atoms.